The molecule has 0 radical (unpaired) electrons. The van der Waals surface area contributed by atoms with Gasteiger partial charge < -0.3 is 0 Å². The van der Waals surface area contributed by atoms with E-state index in [-0.39, 0.29) is 0 Å². The fourth-order valence-corrected chi connectivity index (χ4v) is 1.34. The van der Waals surface area contributed by atoms with E-state index >= 15 is 0 Å². The van der Waals surface area contributed by atoms with Crippen molar-refractivity contribution in [1.29, 1.82) is 0 Å². The maximum Gasteiger partial charge on any atom is -0.0318 e. The highest BCUT2D eigenvalue weighted by Crippen LogP contribution is 2.24. The van der Waals surface area contributed by atoms with E-state index in [1.165, 1.54) is 25.7 Å². The van der Waals surface area contributed by atoms with E-state index in [1.54, 1.807) is 5.57 Å². The molecule has 9 heavy (non-hydrogen) atoms. The van der Waals surface area contributed by atoms with Crippen LogP contribution in [0, 0.1) is 5.92 Å². The van der Waals surface area contributed by atoms with Gasteiger partial charge >= 0.3 is 0 Å². The third-order valence-corrected chi connectivity index (χ3v) is 2.22. The van der Waals surface area contributed by atoms with Crippen molar-refractivity contribution < 1.29 is 0 Å². The monoisotopic (exact) mass is 124 g/mol. The van der Waals surface area contributed by atoms with E-state index < -0.39 is 0 Å². The van der Waals surface area contributed by atoms with Crippen LogP contribution in [0.4, 0.5) is 0 Å². The number of hydrogen-bond acceptors (Lipinski definition) is 0. The van der Waals surface area contributed by atoms with Crippen LogP contribution in [0.5, 0.6) is 0 Å². The molecule has 0 aliphatic heterocycles. The van der Waals surface area contributed by atoms with Crippen LogP contribution in [-0.4, -0.2) is 0 Å². The van der Waals surface area contributed by atoms with Gasteiger partial charge in [0.1, 0.15) is 0 Å². The van der Waals surface area contributed by atoms with Gasteiger partial charge in [0.05, 0.1) is 0 Å². The highest BCUT2D eigenvalue weighted by molar-refractivity contribution is 5.04. The molecule has 1 atom stereocenters. The lowest BCUT2D eigenvalue weighted by Crippen LogP contribution is -2.00. The lowest BCUT2D eigenvalue weighted by Gasteiger charge is -2.16. The maximum atomic E-state index is 2.42. The average Bonchev–Trinajstić information content (AvgIpc) is 1.90. The van der Waals surface area contributed by atoms with E-state index in [4.69, 9.17) is 0 Å². The van der Waals surface area contributed by atoms with Crippen LogP contribution >= 0.6 is 0 Å². The molecular formula is C9H16. The normalized spacial score (nSPS) is 27.8. The zero-order valence-corrected chi connectivity index (χ0v) is 6.48. The van der Waals surface area contributed by atoms with Crippen LogP contribution in [0.15, 0.2) is 11.6 Å². The SMILES string of the molecule is CCC1=CC[C@@H](C)CC1. The Labute approximate surface area is 58.0 Å². The highest BCUT2D eigenvalue weighted by atomic mass is 14.1. The van der Waals surface area contributed by atoms with Crippen LogP contribution in [-0.2, 0) is 0 Å². The molecule has 1 rings (SSSR count). The minimum absolute atomic E-state index is 0.945. The first-order valence-electron chi connectivity index (χ1n) is 4.00. The summed E-state index contributed by atoms with van der Waals surface area (Å²) in [4.78, 5) is 0. The third kappa shape index (κ3) is 1.85. The van der Waals surface area contributed by atoms with Crippen molar-refractivity contribution in [3.8, 4) is 0 Å². The quantitative estimate of drug-likeness (QED) is 0.471. The van der Waals surface area contributed by atoms with E-state index in [1.807, 2.05) is 0 Å². The molecule has 1 aliphatic rings. The number of hydrogen-bond donors (Lipinski definition) is 0. The van der Waals surface area contributed by atoms with Crippen LogP contribution in [0.25, 0.3) is 0 Å². The minimum atomic E-state index is 0.945. The summed E-state index contributed by atoms with van der Waals surface area (Å²) >= 11 is 0. The first kappa shape index (κ1) is 6.85. The predicted molar refractivity (Wildman–Crippen MR) is 41.4 cm³/mol. The van der Waals surface area contributed by atoms with E-state index in [2.05, 4.69) is 19.9 Å². The van der Waals surface area contributed by atoms with Gasteiger partial charge in [-0.05, 0) is 31.6 Å². The summed E-state index contributed by atoms with van der Waals surface area (Å²) in [5, 5.41) is 0. The van der Waals surface area contributed by atoms with Crippen molar-refractivity contribution in [3.63, 3.8) is 0 Å². The Kier molecular flexibility index (Phi) is 2.32. The molecule has 0 N–H and O–H groups in total. The van der Waals surface area contributed by atoms with Crippen molar-refractivity contribution in [1.82, 2.24) is 0 Å². The Hall–Kier alpha value is -0.260. The van der Waals surface area contributed by atoms with Crippen LogP contribution in [0.3, 0.4) is 0 Å². The molecule has 0 aromatic carbocycles. The minimum Gasteiger partial charge on any atom is -0.0851 e. The fourth-order valence-electron chi connectivity index (χ4n) is 1.34. The van der Waals surface area contributed by atoms with Gasteiger partial charge in [-0.2, -0.15) is 0 Å². The Morgan fingerprint density at radius 1 is 1.67 bits per heavy atom. The van der Waals surface area contributed by atoms with Gasteiger partial charge in [-0.25, -0.2) is 0 Å². The topological polar surface area (TPSA) is 0 Å². The third-order valence-electron chi connectivity index (χ3n) is 2.22. The van der Waals surface area contributed by atoms with Crippen LogP contribution in [0.1, 0.15) is 39.5 Å². The highest BCUT2D eigenvalue weighted by Gasteiger charge is 2.07. The summed E-state index contributed by atoms with van der Waals surface area (Å²) in [7, 11) is 0. The van der Waals surface area contributed by atoms with Gasteiger partial charge in [-0.3, -0.25) is 0 Å². The summed E-state index contributed by atoms with van der Waals surface area (Å²) < 4.78 is 0. The first-order valence-corrected chi connectivity index (χ1v) is 4.00. The molecule has 52 valence electrons. The van der Waals surface area contributed by atoms with Crippen LogP contribution in [0.2, 0.25) is 0 Å². The zero-order chi connectivity index (χ0) is 6.69. The molecule has 0 nitrogen and oxygen atoms in total. The van der Waals surface area contributed by atoms with E-state index in [0.717, 1.165) is 5.92 Å². The van der Waals surface area contributed by atoms with Gasteiger partial charge in [0.2, 0.25) is 0 Å². The smallest absolute Gasteiger partial charge is 0.0318 e. The molecule has 0 unspecified atom stereocenters. The molecule has 0 saturated heterocycles. The number of allylic oxidation sites excluding steroid dienone is 2. The zero-order valence-electron chi connectivity index (χ0n) is 6.48. The molecule has 1 aliphatic carbocycles. The molecule has 0 heteroatoms. The van der Waals surface area contributed by atoms with Gasteiger partial charge in [0.25, 0.3) is 0 Å². The second-order valence-electron chi connectivity index (χ2n) is 3.10. The van der Waals surface area contributed by atoms with Crippen LogP contribution < -0.4 is 0 Å². The Bertz CT molecular complexity index is 111. The molecule has 0 bridgehead atoms. The lowest BCUT2D eigenvalue weighted by atomic mass is 9.90. The summed E-state index contributed by atoms with van der Waals surface area (Å²) in [6.45, 7) is 4.59. The molecule has 0 aromatic heterocycles. The van der Waals surface area contributed by atoms with Gasteiger partial charge in [-0.1, -0.05) is 25.5 Å². The summed E-state index contributed by atoms with van der Waals surface area (Å²) in [5.41, 5.74) is 1.67. The van der Waals surface area contributed by atoms with Crippen molar-refractivity contribution in [2.24, 2.45) is 5.92 Å². The maximum absolute atomic E-state index is 2.42. The van der Waals surface area contributed by atoms with Crippen molar-refractivity contribution in [2.45, 2.75) is 39.5 Å². The fraction of sp³-hybridized carbons (Fsp3) is 0.778. The Balaban J connectivity index is 2.40. The van der Waals surface area contributed by atoms with Gasteiger partial charge in [-0.15, -0.1) is 0 Å². The molecule has 0 amide bonds. The molecular weight excluding hydrogens is 108 g/mol. The van der Waals surface area contributed by atoms with Crippen molar-refractivity contribution >= 4 is 0 Å². The standard InChI is InChI=1S/C9H16/c1-3-9-6-4-8(2)5-7-9/h6,8H,3-5,7H2,1-2H3/t8-/m1/s1. The molecule has 0 spiro atoms. The van der Waals surface area contributed by atoms with Gasteiger partial charge in [0, 0.05) is 0 Å². The largest absolute Gasteiger partial charge is 0.0851 e. The Morgan fingerprint density at radius 2 is 2.44 bits per heavy atom. The average molecular weight is 124 g/mol. The van der Waals surface area contributed by atoms with E-state index in [0.29, 0.717) is 0 Å². The molecule has 0 heterocycles. The van der Waals surface area contributed by atoms with E-state index in [9.17, 15) is 0 Å². The van der Waals surface area contributed by atoms with Crippen molar-refractivity contribution in [3.05, 3.63) is 11.6 Å². The summed E-state index contributed by atoms with van der Waals surface area (Å²) in [5.74, 6) is 0.945. The predicted octanol–water partition coefficient (Wildman–Crippen LogP) is 3.14. The molecule has 0 fully saturated rings. The van der Waals surface area contributed by atoms with Gasteiger partial charge in [0.15, 0.2) is 0 Å². The number of rotatable bonds is 1. The van der Waals surface area contributed by atoms with Crippen molar-refractivity contribution in [2.75, 3.05) is 0 Å². The summed E-state index contributed by atoms with van der Waals surface area (Å²) in [6.07, 6.45) is 7.79. The lowest BCUT2D eigenvalue weighted by molar-refractivity contribution is 0.508. The molecule has 0 aromatic rings. The Morgan fingerprint density at radius 3 is 2.89 bits per heavy atom. The second kappa shape index (κ2) is 3.05. The first-order chi connectivity index (χ1) is 4.33. The summed E-state index contributed by atoms with van der Waals surface area (Å²) in [6, 6.07) is 0. The second-order valence-corrected chi connectivity index (χ2v) is 3.10. The molecule has 0 saturated carbocycles.